The van der Waals surface area contributed by atoms with Crippen LogP contribution in [0.5, 0.6) is 5.75 Å². The van der Waals surface area contributed by atoms with Crippen molar-refractivity contribution >= 4 is 23.4 Å². The van der Waals surface area contributed by atoms with Gasteiger partial charge in [-0.15, -0.1) is 0 Å². The van der Waals surface area contributed by atoms with Crippen LogP contribution in [0.3, 0.4) is 0 Å². The third-order valence-electron chi connectivity index (χ3n) is 5.32. The molecule has 4 rings (SSSR count). The topological polar surface area (TPSA) is 79.0 Å². The Bertz CT molecular complexity index is 955. The third-order valence-corrected chi connectivity index (χ3v) is 5.32. The van der Waals surface area contributed by atoms with Crippen LogP contribution in [0.1, 0.15) is 17.3 Å². The first-order valence-electron chi connectivity index (χ1n) is 9.14. The average Bonchev–Trinajstić information content (AvgIpc) is 2.82. The van der Waals surface area contributed by atoms with E-state index in [0.29, 0.717) is 24.3 Å². The van der Waals surface area contributed by atoms with Gasteiger partial charge in [-0.1, -0.05) is 18.2 Å². The molecule has 2 aromatic carbocycles. The lowest BCUT2D eigenvalue weighted by atomic mass is 10.0. The quantitative estimate of drug-likeness (QED) is 0.866. The second-order valence-electron chi connectivity index (χ2n) is 6.96. The summed E-state index contributed by atoms with van der Waals surface area (Å²) in [6.45, 7) is 2.45. The maximum absolute atomic E-state index is 13.2. The van der Waals surface area contributed by atoms with Gasteiger partial charge in [-0.25, -0.2) is 0 Å². The molecular formula is C21H21N3O4. The molecule has 2 heterocycles. The number of anilines is 1. The number of hydrogen-bond donors (Lipinski definition) is 1. The predicted molar refractivity (Wildman–Crippen MR) is 104 cm³/mol. The fourth-order valence-corrected chi connectivity index (χ4v) is 3.70. The first kappa shape index (κ1) is 18.0. The standard InChI is InChI=1S/C21H21N3O4/c1-13(25)23-9-10-24-19(12-23)20(26)22-18-8-5-15(11-17(18)21(24)27)14-3-6-16(28-2)7-4-14/h3-8,11,19H,9-10,12H2,1-2H3,(H,22,26). The summed E-state index contributed by atoms with van der Waals surface area (Å²) in [6.07, 6.45) is 0. The highest BCUT2D eigenvalue weighted by atomic mass is 16.5. The van der Waals surface area contributed by atoms with Crippen LogP contribution in [0, 0.1) is 0 Å². The number of ether oxygens (including phenoxy) is 1. The molecule has 7 heteroatoms. The van der Waals surface area contributed by atoms with Crippen molar-refractivity contribution in [1.82, 2.24) is 9.80 Å². The Morgan fingerprint density at radius 3 is 2.46 bits per heavy atom. The zero-order valence-corrected chi connectivity index (χ0v) is 15.8. The summed E-state index contributed by atoms with van der Waals surface area (Å²) in [4.78, 5) is 40.7. The van der Waals surface area contributed by atoms with Crippen LogP contribution < -0.4 is 10.1 Å². The minimum atomic E-state index is -0.679. The lowest BCUT2D eigenvalue weighted by molar-refractivity contribution is -0.133. The molecule has 0 aliphatic carbocycles. The third kappa shape index (κ3) is 3.09. The zero-order valence-electron chi connectivity index (χ0n) is 15.8. The van der Waals surface area contributed by atoms with Crippen LogP contribution in [0.25, 0.3) is 11.1 Å². The molecule has 2 aliphatic heterocycles. The van der Waals surface area contributed by atoms with Gasteiger partial charge in [-0.3, -0.25) is 14.4 Å². The molecule has 2 aliphatic rings. The van der Waals surface area contributed by atoms with E-state index in [1.165, 1.54) is 6.92 Å². The highest BCUT2D eigenvalue weighted by Gasteiger charge is 2.39. The van der Waals surface area contributed by atoms with Gasteiger partial charge in [0.2, 0.25) is 11.8 Å². The van der Waals surface area contributed by atoms with E-state index >= 15 is 0 Å². The molecule has 2 aromatic rings. The van der Waals surface area contributed by atoms with E-state index in [1.54, 1.807) is 29.0 Å². The molecule has 7 nitrogen and oxygen atoms in total. The van der Waals surface area contributed by atoms with E-state index in [-0.39, 0.29) is 24.3 Å². The van der Waals surface area contributed by atoms with E-state index in [4.69, 9.17) is 4.74 Å². The normalized spacial score (nSPS) is 18.7. The monoisotopic (exact) mass is 379 g/mol. The van der Waals surface area contributed by atoms with Crippen LogP contribution >= 0.6 is 0 Å². The number of piperazine rings is 1. The van der Waals surface area contributed by atoms with Gasteiger partial charge in [0, 0.05) is 20.0 Å². The van der Waals surface area contributed by atoms with E-state index in [9.17, 15) is 14.4 Å². The summed E-state index contributed by atoms with van der Waals surface area (Å²) >= 11 is 0. The summed E-state index contributed by atoms with van der Waals surface area (Å²) in [5, 5.41) is 2.85. The van der Waals surface area contributed by atoms with Crippen LogP contribution in [0.15, 0.2) is 42.5 Å². The van der Waals surface area contributed by atoms with Gasteiger partial charge in [-0.2, -0.15) is 0 Å². The number of methoxy groups -OCH3 is 1. The fraction of sp³-hybridized carbons (Fsp3) is 0.286. The van der Waals surface area contributed by atoms with Gasteiger partial charge in [0.25, 0.3) is 5.91 Å². The molecule has 0 aromatic heterocycles. The zero-order chi connectivity index (χ0) is 19.8. The Balaban J connectivity index is 1.69. The Kier molecular flexibility index (Phi) is 4.50. The van der Waals surface area contributed by atoms with Crippen molar-refractivity contribution in [3.8, 4) is 16.9 Å². The Morgan fingerprint density at radius 1 is 1.07 bits per heavy atom. The second-order valence-corrected chi connectivity index (χ2v) is 6.96. The number of carbonyl (C=O) groups excluding carboxylic acids is 3. The van der Waals surface area contributed by atoms with Crippen molar-refractivity contribution in [2.45, 2.75) is 13.0 Å². The summed E-state index contributed by atoms with van der Waals surface area (Å²) < 4.78 is 5.19. The van der Waals surface area contributed by atoms with Crippen molar-refractivity contribution in [1.29, 1.82) is 0 Å². The highest BCUT2D eigenvalue weighted by molar-refractivity contribution is 6.10. The van der Waals surface area contributed by atoms with Crippen LogP contribution in [0.4, 0.5) is 5.69 Å². The first-order valence-corrected chi connectivity index (χ1v) is 9.14. The van der Waals surface area contributed by atoms with Crippen molar-refractivity contribution in [2.75, 3.05) is 32.1 Å². The molecule has 1 unspecified atom stereocenters. The van der Waals surface area contributed by atoms with E-state index in [2.05, 4.69) is 5.32 Å². The van der Waals surface area contributed by atoms with Crippen LogP contribution in [0.2, 0.25) is 0 Å². The molecule has 0 saturated carbocycles. The lowest BCUT2D eigenvalue weighted by Crippen LogP contribution is -2.59. The van der Waals surface area contributed by atoms with Crippen molar-refractivity contribution in [2.24, 2.45) is 0 Å². The number of carbonyl (C=O) groups is 3. The van der Waals surface area contributed by atoms with Gasteiger partial charge in [0.1, 0.15) is 11.8 Å². The fourth-order valence-electron chi connectivity index (χ4n) is 3.70. The average molecular weight is 379 g/mol. The van der Waals surface area contributed by atoms with E-state index in [1.807, 2.05) is 30.3 Å². The molecule has 3 amide bonds. The van der Waals surface area contributed by atoms with Gasteiger partial charge < -0.3 is 19.9 Å². The van der Waals surface area contributed by atoms with E-state index < -0.39 is 6.04 Å². The smallest absolute Gasteiger partial charge is 0.256 e. The molecule has 0 spiro atoms. The highest BCUT2D eigenvalue weighted by Crippen LogP contribution is 2.30. The minimum absolute atomic E-state index is 0.0940. The molecule has 28 heavy (non-hydrogen) atoms. The lowest BCUT2D eigenvalue weighted by Gasteiger charge is -2.38. The van der Waals surface area contributed by atoms with Crippen molar-refractivity contribution in [3.63, 3.8) is 0 Å². The molecular weight excluding hydrogens is 358 g/mol. The van der Waals surface area contributed by atoms with Gasteiger partial charge in [0.05, 0.1) is 24.9 Å². The number of rotatable bonds is 2. The number of nitrogens with one attached hydrogen (secondary N) is 1. The summed E-state index contributed by atoms with van der Waals surface area (Å²) in [7, 11) is 1.61. The largest absolute Gasteiger partial charge is 0.497 e. The second kappa shape index (κ2) is 6.99. The summed E-state index contributed by atoms with van der Waals surface area (Å²) in [5.41, 5.74) is 2.78. The van der Waals surface area contributed by atoms with Gasteiger partial charge in [0.15, 0.2) is 0 Å². The predicted octanol–water partition coefficient (Wildman–Crippen LogP) is 1.99. The van der Waals surface area contributed by atoms with Gasteiger partial charge in [-0.05, 0) is 35.4 Å². The van der Waals surface area contributed by atoms with Crippen LogP contribution in [-0.2, 0) is 9.59 Å². The molecule has 0 bridgehead atoms. The van der Waals surface area contributed by atoms with Crippen molar-refractivity contribution < 1.29 is 19.1 Å². The molecule has 1 saturated heterocycles. The SMILES string of the molecule is COc1ccc(-c2ccc3c(c2)C(=O)N2CCN(C(C)=O)CC2C(=O)N3)cc1. The maximum atomic E-state index is 13.2. The number of nitrogens with zero attached hydrogens (tertiary/aromatic N) is 2. The number of hydrogen-bond acceptors (Lipinski definition) is 4. The Hall–Kier alpha value is -3.35. The number of benzene rings is 2. The summed E-state index contributed by atoms with van der Waals surface area (Å²) in [6, 6.07) is 12.3. The Labute approximate surface area is 162 Å². The van der Waals surface area contributed by atoms with Gasteiger partial charge >= 0.3 is 0 Å². The molecule has 1 fully saturated rings. The molecule has 1 N–H and O–H groups in total. The van der Waals surface area contributed by atoms with E-state index in [0.717, 1.165) is 16.9 Å². The number of fused-ring (bicyclic) bond motifs is 2. The van der Waals surface area contributed by atoms with Crippen LogP contribution in [-0.4, -0.2) is 60.3 Å². The van der Waals surface area contributed by atoms with Crippen molar-refractivity contribution in [3.05, 3.63) is 48.0 Å². The molecule has 144 valence electrons. The molecule has 1 atom stereocenters. The summed E-state index contributed by atoms with van der Waals surface area (Å²) in [5.74, 6) is 0.198. The maximum Gasteiger partial charge on any atom is 0.256 e. The Morgan fingerprint density at radius 2 is 1.79 bits per heavy atom. The number of amides is 3. The molecule has 0 radical (unpaired) electrons. The first-order chi connectivity index (χ1) is 13.5. The minimum Gasteiger partial charge on any atom is -0.497 e.